The van der Waals surface area contributed by atoms with Crippen LogP contribution >= 0.6 is 11.8 Å². The molecule has 0 aliphatic heterocycles. The molecule has 1 aromatic rings. The molecule has 9 heteroatoms. The number of nitrogens with zero attached hydrogens (tertiary/aromatic N) is 1. The van der Waals surface area contributed by atoms with Crippen molar-refractivity contribution in [3.05, 3.63) is 37.2 Å². The highest BCUT2D eigenvalue weighted by atomic mass is 127. The van der Waals surface area contributed by atoms with E-state index in [9.17, 15) is 19.5 Å². The van der Waals surface area contributed by atoms with Crippen LogP contribution in [-0.2, 0) is 25.7 Å². The molecule has 0 radical (unpaired) electrons. The molecule has 1 aromatic heterocycles. The van der Waals surface area contributed by atoms with E-state index in [1.54, 1.807) is 0 Å². The van der Waals surface area contributed by atoms with Crippen molar-refractivity contribution in [2.75, 3.05) is 5.75 Å². The molecule has 8 atom stereocenters. The van der Waals surface area contributed by atoms with Gasteiger partial charge in [-0.3, -0.25) is 14.4 Å². The highest BCUT2D eigenvalue weighted by Crippen LogP contribution is 2.68. The average molecular weight is 714 g/mol. The van der Waals surface area contributed by atoms with Gasteiger partial charge in [-0.1, -0.05) is 33.8 Å². The molecule has 3 saturated carbocycles. The number of carboxylic acid groups (broad SMARTS) is 1. The van der Waals surface area contributed by atoms with E-state index in [-0.39, 0.29) is 71.1 Å². The van der Waals surface area contributed by atoms with E-state index in [0.717, 1.165) is 43.5 Å². The predicted octanol–water partition coefficient (Wildman–Crippen LogP) is 2.62. The van der Waals surface area contributed by atoms with Crippen LogP contribution in [0, 0.1) is 34.0 Å². The summed E-state index contributed by atoms with van der Waals surface area (Å²) >= 11 is 1.43. The number of ketones is 1. The first-order valence-corrected chi connectivity index (χ1v) is 16.2. The first-order chi connectivity index (χ1) is 19.4. The number of carbonyl (C=O) groups is 3. The number of hydrogen-bond donors (Lipinski definition) is 2. The van der Waals surface area contributed by atoms with E-state index in [2.05, 4.69) is 31.9 Å². The Kier molecular flexibility index (Phi) is 11.8. The van der Waals surface area contributed by atoms with Crippen LogP contribution in [-0.4, -0.2) is 45.9 Å². The van der Waals surface area contributed by atoms with E-state index >= 15 is 0 Å². The number of halogens is 1. The number of thioether (sulfide) groups is 1. The van der Waals surface area contributed by atoms with E-state index in [4.69, 9.17) is 9.84 Å². The summed E-state index contributed by atoms with van der Waals surface area (Å²) in [4.78, 5) is 38.5. The second-order valence-electron chi connectivity index (χ2n) is 13.3. The third-order valence-electron chi connectivity index (χ3n) is 11.1. The number of carbonyl (C=O) groups excluding carboxylic acids is 2. The number of rotatable bonds is 11. The predicted molar refractivity (Wildman–Crippen MR) is 158 cm³/mol. The summed E-state index contributed by atoms with van der Waals surface area (Å²) in [5.41, 5.74) is -1.43. The lowest BCUT2D eigenvalue weighted by Gasteiger charge is -2.61. The molecule has 0 amide bonds. The van der Waals surface area contributed by atoms with Gasteiger partial charge < -0.3 is 38.9 Å². The number of pyridine rings is 1. The topological polar surface area (TPSA) is 105 Å². The summed E-state index contributed by atoms with van der Waals surface area (Å²) in [6.07, 6.45) is 10.9. The SMILES string of the molecule is C=C[C@]1(C)C[C@@H](OC(=O)CSc2cc[n+](CCCCCC(=O)O)cc2)[C@]2(C)[C@H](C)CC[C@]3(CCC(=O)[C@H]32)[C@@H](C)[C@@H]1O.[I-]. The van der Waals surface area contributed by atoms with Crippen molar-refractivity contribution < 1.29 is 57.9 Å². The fourth-order valence-electron chi connectivity index (χ4n) is 8.27. The molecule has 234 valence electrons. The molecule has 0 spiro atoms. The minimum Gasteiger partial charge on any atom is -1.00 e. The van der Waals surface area contributed by atoms with Crippen LogP contribution in [0.3, 0.4) is 0 Å². The van der Waals surface area contributed by atoms with Crippen LogP contribution in [0.5, 0.6) is 0 Å². The third-order valence-corrected chi connectivity index (χ3v) is 12.1. The first-order valence-electron chi connectivity index (χ1n) is 15.2. The maximum Gasteiger partial charge on any atom is 0.316 e. The Hall–Kier alpha value is -1.46. The number of esters is 1. The highest BCUT2D eigenvalue weighted by molar-refractivity contribution is 8.00. The lowest BCUT2D eigenvalue weighted by atomic mass is 9.44. The second-order valence-corrected chi connectivity index (χ2v) is 14.4. The van der Waals surface area contributed by atoms with Crippen molar-refractivity contribution >= 4 is 29.5 Å². The van der Waals surface area contributed by atoms with Gasteiger partial charge in [-0.2, -0.15) is 0 Å². The third kappa shape index (κ3) is 6.77. The molecule has 3 aliphatic carbocycles. The van der Waals surface area contributed by atoms with E-state index in [1.807, 2.05) is 37.5 Å². The van der Waals surface area contributed by atoms with Crippen LogP contribution in [0.1, 0.15) is 85.5 Å². The first kappa shape index (κ1) is 35.0. The summed E-state index contributed by atoms with van der Waals surface area (Å²) in [5.74, 6) is -0.707. The standard InChI is InChI=1S/C33H47NO6S.HI/c1-6-31(4)20-26(32(5)22(2)11-15-33(23(3)30(31)39)16-12-25(35)29(32)33)40-28(38)21-41-24-13-18-34(19-14-24)17-9-7-8-10-27(36)37;/h6,13-14,18-19,22-23,26,29-30,39H,1,7-12,15-17,20-21H2,2-5H3;1H/t22-,23+,26-,29+,30+,31-,32+,33+;/m1./s1. The summed E-state index contributed by atoms with van der Waals surface area (Å²) in [6.45, 7) is 13.4. The van der Waals surface area contributed by atoms with Gasteiger partial charge in [-0.25, -0.2) is 4.57 Å². The number of ether oxygens (including phenoxy) is 1. The van der Waals surface area contributed by atoms with Gasteiger partial charge in [0.2, 0.25) is 0 Å². The summed E-state index contributed by atoms with van der Waals surface area (Å²) in [6, 6.07) is 3.96. The Morgan fingerprint density at radius 3 is 2.50 bits per heavy atom. The molecule has 2 bridgehead atoms. The molecule has 42 heavy (non-hydrogen) atoms. The number of aliphatic carboxylic acids is 1. The summed E-state index contributed by atoms with van der Waals surface area (Å²) in [7, 11) is 0. The van der Waals surface area contributed by atoms with Crippen molar-refractivity contribution in [2.24, 2.45) is 34.0 Å². The number of aliphatic hydroxyl groups excluding tert-OH is 1. The molecular formula is C33H48INO6S. The van der Waals surface area contributed by atoms with Crippen molar-refractivity contribution in [3.8, 4) is 0 Å². The molecule has 0 unspecified atom stereocenters. The molecule has 4 rings (SSSR count). The number of aromatic nitrogens is 1. The number of hydrogen-bond acceptors (Lipinski definition) is 6. The zero-order chi connectivity index (χ0) is 30.0. The van der Waals surface area contributed by atoms with E-state index in [0.29, 0.717) is 19.3 Å². The van der Waals surface area contributed by atoms with Gasteiger partial charge >= 0.3 is 11.9 Å². The zero-order valence-corrected chi connectivity index (χ0v) is 28.5. The quantitative estimate of drug-likeness (QED) is 0.0909. The Labute approximate surface area is 272 Å². The molecule has 3 fully saturated rings. The molecule has 7 nitrogen and oxygen atoms in total. The van der Waals surface area contributed by atoms with Crippen molar-refractivity contribution in [3.63, 3.8) is 0 Å². The van der Waals surface area contributed by atoms with Crippen LogP contribution < -0.4 is 28.5 Å². The molecule has 3 aliphatic rings. The van der Waals surface area contributed by atoms with Crippen molar-refractivity contribution in [2.45, 2.75) is 109 Å². The van der Waals surface area contributed by atoms with Crippen LogP contribution in [0.25, 0.3) is 0 Å². The van der Waals surface area contributed by atoms with E-state index < -0.39 is 29.0 Å². The minimum absolute atomic E-state index is 0. The number of carboxylic acids is 1. The fourth-order valence-corrected chi connectivity index (χ4v) is 8.94. The number of unbranched alkanes of at least 4 members (excludes halogenated alkanes) is 2. The van der Waals surface area contributed by atoms with Crippen molar-refractivity contribution in [1.29, 1.82) is 0 Å². The maximum absolute atomic E-state index is 13.5. The normalized spacial score (nSPS) is 35.7. The summed E-state index contributed by atoms with van der Waals surface area (Å²) in [5, 5.41) is 20.4. The van der Waals surface area contributed by atoms with Gasteiger partial charge in [0.25, 0.3) is 0 Å². The van der Waals surface area contributed by atoms with Gasteiger partial charge in [0.15, 0.2) is 12.4 Å². The minimum atomic E-state index is -0.753. The van der Waals surface area contributed by atoms with Crippen molar-refractivity contribution in [1.82, 2.24) is 0 Å². The average Bonchev–Trinajstić information content (AvgIpc) is 3.30. The molecule has 1 heterocycles. The molecule has 0 aromatic carbocycles. The van der Waals surface area contributed by atoms with Crippen LogP contribution in [0.4, 0.5) is 0 Å². The van der Waals surface area contributed by atoms with Gasteiger partial charge in [0.05, 0.1) is 11.9 Å². The highest BCUT2D eigenvalue weighted by Gasteiger charge is 2.68. The lowest BCUT2D eigenvalue weighted by molar-refractivity contribution is -0.697. The van der Waals surface area contributed by atoms with E-state index in [1.165, 1.54) is 11.8 Å². The zero-order valence-electron chi connectivity index (χ0n) is 25.5. The van der Waals surface area contributed by atoms with Gasteiger partial charge in [0.1, 0.15) is 18.4 Å². The smallest absolute Gasteiger partial charge is 0.316 e. The molecule has 0 saturated heterocycles. The molecular weight excluding hydrogens is 665 g/mol. The second kappa shape index (κ2) is 14.1. The van der Waals surface area contributed by atoms with Gasteiger partial charge in [-0.15, -0.1) is 18.3 Å². The number of Topliss-reactive ketones (excluding diaryl/α,β-unsaturated/α-hetero) is 1. The van der Waals surface area contributed by atoms with Crippen LogP contribution in [0.15, 0.2) is 42.1 Å². The van der Waals surface area contributed by atoms with Gasteiger partial charge in [-0.05, 0) is 55.8 Å². The number of aliphatic hydroxyl groups is 1. The van der Waals surface area contributed by atoms with Crippen LogP contribution in [0.2, 0.25) is 0 Å². The molecule has 2 N–H and O–H groups in total. The largest absolute Gasteiger partial charge is 1.00 e. The summed E-state index contributed by atoms with van der Waals surface area (Å²) < 4.78 is 8.41. The van der Waals surface area contributed by atoms with Gasteiger partial charge in [0, 0.05) is 53.0 Å². The Morgan fingerprint density at radius 1 is 1.17 bits per heavy atom. The Bertz CT molecular complexity index is 1150. The Balaban J connectivity index is 0.00000484. The number of aryl methyl sites for hydroxylation is 1. The maximum atomic E-state index is 13.5. The monoisotopic (exact) mass is 713 g/mol. The fraction of sp³-hybridized carbons (Fsp3) is 0.697. The Morgan fingerprint density at radius 2 is 1.86 bits per heavy atom. The lowest BCUT2D eigenvalue weighted by Crippen LogP contribution is -3.00.